The number of hydrogen-bond donors (Lipinski definition) is 1. The molecule has 1 aliphatic heterocycles. The van der Waals surface area contributed by atoms with Crippen LogP contribution in [0, 0.1) is 0 Å². The molecule has 1 aliphatic rings. The molecule has 3 aromatic rings. The fourth-order valence-corrected chi connectivity index (χ4v) is 3.94. The molecule has 170 valence electrons. The van der Waals surface area contributed by atoms with Gasteiger partial charge in [-0.05, 0) is 61.2 Å². The topological polar surface area (TPSA) is 67.9 Å². The Morgan fingerprint density at radius 3 is 2.52 bits per heavy atom. The molecule has 6 heteroatoms. The van der Waals surface area contributed by atoms with Crippen LogP contribution in [0.15, 0.2) is 72.8 Å². The van der Waals surface area contributed by atoms with E-state index in [-0.39, 0.29) is 18.2 Å². The summed E-state index contributed by atoms with van der Waals surface area (Å²) < 4.78 is 11.0. The van der Waals surface area contributed by atoms with Crippen molar-refractivity contribution in [2.24, 2.45) is 0 Å². The monoisotopic (exact) mass is 444 g/mol. The summed E-state index contributed by atoms with van der Waals surface area (Å²) in [5, 5.41) is 2.93. The Hall–Kier alpha value is -3.80. The summed E-state index contributed by atoms with van der Waals surface area (Å²) >= 11 is 0. The van der Waals surface area contributed by atoms with E-state index in [4.69, 9.17) is 9.47 Å². The number of nitrogens with zero attached hydrogens (tertiary/aromatic N) is 1. The summed E-state index contributed by atoms with van der Waals surface area (Å²) in [4.78, 5) is 27.2. The molecule has 4 rings (SSSR count). The summed E-state index contributed by atoms with van der Waals surface area (Å²) in [5.41, 5.74) is 3.45. The second-order valence-electron chi connectivity index (χ2n) is 8.09. The van der Waals surface area contributed by atoms with Gasteiger partial charge in [-0.1, -0.05) is 42.5 Å². The molecule has 0 radical (unpaired) electrons. The number of nitrogens with one attached hydrogen (secondary N) is 1. The van der Waals surface area contributed by atoms with Crippen molar-refractivity contribution in [3.05, 3.63) is 83.9 Å². The van der Waals surface area contributed by atoms with Gasteiger partial charge < -0.3 is 19.7 Å². The Morgan fingerprint density at radius 1 is 1.03 bits per heavy atom. The van der Waals surface area contributed by atoms with E-state index in [1.165, 1.54) is 5.56 Å². The summed E-state index contributed by atoms with van der Waals surface area (Å²) in [6, 6.07) is 23.0. The summed E-state index contributed by atoms with van der Waals surface area (Å²) in [7, 11) is 1.61. The fourth-order valence-electron chi connectivity index (χ4n) is 3.94. The van der Waals surface area contributed by atoms with Crippen LogP contribution in [0.4, 0.5) is 11.4 Å². The predicted octanol–water partition coefficient (Wildman–Crippen LogP) is 4.62. The van der Waals surface area contributed by atoms with E-state index in [0.717, 1.165) is 24.2 Å². The molecular weight excluding hydrogens is 416 g/mol. The molecule has 3 aromatic carbocycles. The first-order valence-electron chi connectivity index (χ1n) is 11.1. The normalized spacial score (nSPS) is 14.9. The van der Waals surface area contributed by atoms with Crippen LogP contribution in [-0.2, 0) is 22.4 Å². The first kappa shape index (κ1) is 22.4. The molecule has 0 fully saturated rings. The quantitative estimate of drug-likeness (QED) is 0.550. The van der Waals surface area contributed by atoms with Crippen molar-refractivity contribution in [2.45, 2.75) is 32.3 Å². The standard InChI is InChI=1S/C27H28N2O4/c1-19-27(31)29(16-6-9-20-7-4-3-5-8-20)24-18-22(12-15-25(24)33-19)28-26(30)17-21-10-13-23(32-2)14-11-21/h3-5,7-8,10-15,18-19H,6,9,16-17H2,1-2H3,(H,28,30). The summed E-state index contributed by atoms with van der Waals surface area (Å²) in [5.74, 6) is 1.19. The lowest BCUT2D eigenvalue weighted by molar-refractivity contribution is -0.125. The maximum Gasteiger partial charge on any atom is 0.267 e. The van der Waals surface area contributed by atoms with Crippen LogP contribution in [-0.4, -0.2) is 31.6 Å². The largest absolute Gasteiger partial charge is 0.497 e. The van der Waals surface area contributed by atoms with Crippen molar-refractivity contribution in [3.63, 3.8) is 0 Å². The third-order valence-electron chi connectivity index (χ3n) is 5.66. The van der Waals surface area contributed by atoms with E-state index in [1.54, 1.807) is 25.0 Å². The second kappa shape index (κ2) is 10.2. The number of benzene rings is 3. The van der Waals surface area contributed by atoms with E-state index < -0.39 is 6.10 Å². The van der Waals surface area contributed by atoms with Gasteiger partial charge >= 0.3 is 0 Å². The van der Waals surface area contributed by atoms with Gasteiger partial charge in [-0.2, -0.15) is 0 Å². The average Bonchev–Trinajstić information content (AvgIpc) is 2.83. The zero-order valence-corrected chi connectivity index (χ0v) is 18.9. The molecule has 0 spiro atoms. The third-order valence-corrected chi connectivity index (χ3v) is 5.66. The molecule has 1 heterocycles. The van der Waals surface area contributed by atoms with Gasteiger partial charge in [0.25, 0.3) is 5.91 Å². The minimum Gasteiger partial charge on any atom is -0.497 e. The number of ether oxygens (including phenoxy) is 2. The van der Waals surface area contributed by atoms with E-state index in [9.17, 15) is 9.59 Å². The van der Waals surface area contributed by atoms with E-state index in [0.29, 0.717) is 23.7 Å². The molecule has 0 saturated heterocycles. The minimum absolute atomic E-state index is 0.0720. The SMILES string of the molecule is COc1ccc(CC(=O)Nc2ccc3c(c2)N(CCCc2ccccc2)C(=O)C(C)O3)cc1. The lowest BCUT2D eigenvalue weighted by Gasteiger charge is -2.33. The molecule has 1 unspecified atom stereocenters. The summed E-state index contributed by atoms with van der Waals surface area (Å²) in [6.45, 7) is 2.34. The van der Waals surface area contributed by atoms with Gasteiger partial charge in [-0.15, -0.1) is 0 Å². The maximum absolute atomic E-state index is 12.9. The lowest BCUT2D eigenvalue weighted by Crippen LogP contribution is -2.45. The highest BCUT2D eigenvalue weighted by Crippen LogP contribution is 2.36. The van der Waals surface area contributed by atoms with Crippen LogP contribution in [0.1, 0.15) is 24.5 Å². The van der Waals surface area contributed by atoms with Gasteiger partial charge in [-0.25, -0.2) is 0 Å². The highest BCUT2D eigenvalue weighted by atomic mass is 16.5. The van der Waals surface area contributed by atoms with Gasteiger partial charge in [0.1, 0.15) is 11.5 Å². The average molecular weight is 445 g/mol. The number of methoxy groups -OCH3 is 1. The van der Waals surface area contributed by atoms with Crippen molar-refractivity contribution < 1.29 is 19.1 Å². The first-order valence-corrected chi connectivity index (χ1v) is 11.1. The van der Waals surface area contributed by atoms with Crippen LogP contribution in [0.3, 0.4) is 0 Å². The Morgan fingerprint density at radius 2 is 1.79 bits per heavy atom. The molecule has 6 nitrogen and oxygen atoms in total. The van der Waals surface area contributed by atoms with Crippen molar-refractivity contribution in [3.8, 4) is 11.5 Å². The highest BCUT2D eigenvalue weighted by molar-refractivity contribution is 6.01. The molecule has 1 atom stereocenters. The van der Waals surface area contributed by atoms with Crippen LogP contribution >= 0.6 is 0 Å². The van der Waals surface area contributed by atoms with E-state index in [1.807, 2.05) is 54.6 Å². The van der Waals surface area contributed by atoms with Crippen molar-refractivity contribution in [1.29, 1.82) is 0 Å². The molecule has 0 aliphatic carbocycles. The Bertz CT molecular complexity index is 1110. The van der Waals surface area contributed by atoms with Crippen molar-refractivity contribution in [2.75, 3.05) is 23.9 Å². The molecule has 0 saturated carbocycles. The van der Waals surface area contributed by atoms with E-state index >= 15 is 0 Å². The van der Waals surface area contributed by atoms with Gasteiger partial charge in [-0.3, -0.25) is 9.59 Å². The van der Waals surface area contributed by atoms with E-state index in [2.05, 4.69) is 17.4 Å². The zero-order valence-electron chi connectivity index (χ0n) is 18.9. The number of amides is 2. The molecule has 0 bridgehead atoms. The lowest BCUT2D eigenvalue weighted by atomic mass is 10.1. The molecule has 2 amide bonds. The van der Waals surface area contributed by atoms with Crippen LogP contribution in [0.25, 0.3) is 0 Å². The second-order valence-corrected chi connectivity index (χ2v) is 8.09. The first-order chi connectivity index (χ1) is 16.0. The smallest absolute Gasteiger partial charge is 0.267 e. The van der Waals surface area contributed by atoms with Crippen molar-refractivity contribution in [1.82, 2.24) is 0 Å². The number of carbonyl (C=O) groups excluding carboxylic acids is 2. The molecule has 0 aromatic heterocycles. The van der Waals surface area contributed by atoms with Crippen LogP contribution < -0.4 is 19.7 Å². The Kier molecular flexibility index (Phi) is 6.93. The number of fused-ring (bicyclic) bond motifs is 1. The number of aryl methyl sites for hydroxylation is 1. The Labute approximate surface area is 194 Å². The van der Waals surface area contributed by atoms with Gasteiger partial charge in [0.05, 0.1) is 19.2 Å². The van der Waals surface area contributed by atoms with Gasteiger partial charge in [0.2, 0.25) is 5.91 Å². The minimum atomic E-state index is -0.537. The molecule has 1 N–H and O–H groups in total. The number of carbonyl (C=O) groups is 2. The molecule has 33 heavy (non-hydrogen) atoms. The van der Waals surface area contributed by atoms with Gasteiger partial charge in [0.15, 0.2) is 6.10 Å². The van der Waals surface area contributed by atoms with Crippen LogP contribution in [0.2, 0.25) is 0 Å². The molecular formula is C27H28N2O4. The third kappa shape index (κ3) is 5.52. The van der Waals surface area contributed by atoms with Crippen LogP contribution in [0.5, 0.6) is 11.5 Å². The summed E-state index contributed by atoms with van der Waals surface area (Å²) in [6.07, 6.45) is 1.42. The highest BCUT2D eigenvalue weighted by Gasteiger charge is 2.31. The predicted molar refractivity (Wildman–Crippen MR) is 129 cm³/mol. The number of rotatable bonds is 8. The zero-order chi connectivity index (χ0) is 23.2. The fraction of sp³-hybridized carbons (Fsp3) is 0.259. The maximum atomic E-state index is 12.9. The Balaban J connectivity index is 1.44. The number of hydrogen-bond acceptors (Lipinski definition) is 4. The van der Waals surface area contributed by atoms with Gasteiger partial charge in [0, 0.05) is 12.2 Å². The number of anilines is 2. The van der Waals surface area contributed by atoms with Crippen molar-refractivity contribution >= 4 is 23.2 Å².